The molecule has 0 radical (unpaired) electrons. The summed E-state index contributed by atoms with van der Waals surface area (Å²) in [5, 5.41) is 4.98. The van der Waals surface area contributed by atoms with Crippen molar-refractivity contribution in [2.45, 2.75) is 32.7 Å². The lowest BCUT2D eigenvalue weighted by atomic mass is 9.91. The highest BCUT2D eigenvalue weighted by molar-refractivity contribution is 6.35. The number of benzene rings is 1. The number of hydrogen-bond donors (Lipinski definition) is 1. The molecule has 2 unspecified atom stereocenters. The Hall–Kier alpha value is -0.440. The molecule has 4 heteroatoms. The third-order valence-electron chi connectivity index (χ3n) is 4.01. The third kappa shape index (κ3) is 4.01. The van der Waals surface area contributed by atoms with E-state index in [1.807, 2.05) is 18.2 Å². The van der Waals surface area contributed by atoms with Crippen LogP contribution in [-0.4, -0.2) is 30.6 Å². The Balaban J connectivity index is 2.00. The molecular formula is C15H22Cl2N2. The summed E-state index contributed by atoms with van der Waals surface area (Å²) in [6.07, 6.45) is 2.57. The van der Waals surface area contributed by atoms with E-state index in [1.54, 1.807) is 0 Å². The molecule has 1 aliphatic rings. The lowest BCUT2D eigenvalue weighted by Crippen LogP contribution is -2.41. The van der Waals surface area contributed by atoms with Crippen LogP contribution in [-0.2, 0) is 0 Å². The molecule has 0 bridgehead atoms. The highest BCUT2D eigenvalue weighted by Gasteiger charge is 2.24. The van der Waals surface area contributed by atoms with Gasteiger partial charge in [0.05, 0.1) is 10.7 Å². The molecule has 2 nitrogen and oxygen atoms in total. The minimum Gasteiger partial charge on any atom is -0.381 e. The van der Waals surface area contributed by atoms with Gasteiger partial charge in [0.25, 0.3) is 0 Å². The summed E-state index contributed by atoms with van der Waals surface area (Å²) >= 11 is 12.2. The number of rotatable bonds is 4. The van der Waals surface area contributed by atoms with Crippen LogP contribution in [0.15, 0.2) is 18.2 Å². The van der Waals surface area contributed by atoms with E-state index < -0.39 is 0 Å². The van der Waals surface area contributed by atoms with Crippen LogP contribution in [0.5, 0.6) is 0 Å². The fraction of sp³-hybridized carbons (Fsp3) is 0.600. The summed E-state index contributed by atoms with van der Waals surface area (Å²) in [7, 11) is 0. The van der Waals surface area contributed by atoms with Crippen LogP contribution in [0.25, 0.3) is 0 Å². The van der Waals surface area contributed by atoms with Crippen LogP contribution in [0.3, 0.4) is 0 Å². The van der Waals surface area contributed by atoms with E-state index in [1.165, 1.54) is 25.9 Å². The lowest BCUT2D eigenvalue weighted by Gasteiger charge is -2.35. The highest BCUT2D eigenvalue weighted by atomic mass is 35.5. The fourth-order valence-corrected chi connectivity index (χ4v) is 3.10. The van der Waals surface area contributed by atoms with Crippen LogP contribution >= 0.6 is 23.2 Å². The Bertz CT molecular complexity index is 423. The summed E-state index contributed by atoms with van der Waals surface area (Å²) in [6, 6.07) is 5.98. The smallest absolute Gasteiger partial charge is 0.0638 e. The zero-order valence-electron chi connectivity index (χ0n) is 11.6. The van der Waals surface area contributed by atoms with Gasteiger partial charge in [-0.3, -0.25) is 0 Å². The Morgan fingerprint density at radius 1 is 1.42 bits per heavy atom. The SMILES string of the molecule is CCN1CCCC(C(C)Nc2cc(Cl)ccc2Cl)C1. The second-order valence-corrected chi connectivity index (χ2v) is 6.20. The number of likely N-dealkylation sites (tertiary alicyclic amines) is 1. The number of nitrogens with zero attached hydrogens (tertiary/aromatic N) is 1. The van der Waals surface area contributed by atoms with Gasteiger partial charge < -0.3 is 10.2 Å². The van der Waals surface area contributed by atoms with Gasteiger partial charge in [0.15, 0.2) is 0 Å². The minimum atomic E-state index is 0.408. The van der Waals surface area contributed by atoms with Gasteiger partial charge in [-0.15, -0.1) is 0 Å². The molecule has 106 valence electrons. The Kier molecular flexibility index (Phi) is 5.37. The maximum absolute atomic E-state index is 6.20. The largest absolute Gasteiger partial charge is 0.381 e. The molecule has 1 aliphatic heterocycles. The molecule has 19 heavy (non-hydrogen) atoms. The van der Waals surface area contributed by atoms with E-state index in [-0.39, 0.29) is 0 Å². The molecule has 1 heterocycles. The molecule has 1 aromatic rings. The molecule has 2 rings (SSSR count). The average Bonchev–Trinajstić information content (AvgIpc) is 2.43. The summed E-state index contributed by atoms with van der Waals surface area (Å²) in [5.41, 5.74) is 0.940. The van der Waals surface area contributed by atoms with Gasteiger partial charge in [0.1, 0.15) is 0 Å². The first-order valence-corrected chi connectivity index (χ1v) is 7.79. The molecule has 0 aliphatic carbocycles. The predicted molar refractivity (Wildman–Crippen MR) is 84.4 cm³/mol. The van der Waals surface area contributed by atoms with Gasteiger partial charge in [0, 0.05) is 17.6 Å². The summed E-state index contributed by atoms with van der Waals surface area (Å²) < 4.78 is 0. The Morgan fingerprint density at radius 3 is 2.95 bits per heavy atom. The highest BCUT2D eigenvalue weighted by Crippen LogP contribution is 2.28. The second kappa shape index (κ2) is 6.83. The Morgan fingerprint density at radius 2 is 2.21 bits per heavy atom. The number of nitrogens with one attached hydrogen (secondary N) is 1. The van der Waals surface area contributed by atoms with Gasteiger partial charge >= 0.3 is 0 Å². The van der Waals surface area contributed by atoms with Crippen molar-refractivity contribution in [2.75, 3.05) is 25.0 Å². The number of halogens is 2. The van der Waals surface area contributed by atoms with E-state index in [4.69, 9.17) is 23.2 Å². The molecular weight excluding hydrogens is 279 g/mol. The quantitative estimate of drug-likeness (QED) is 0.879. The predicted octanol–water partition coefficient (Wildman–Crippen LogP) is 4.53. The first-order valence-electron chi connectivity index (χ1n) is 7.04. The van der Waals surface area contributed by atoms with Gasteiger partial charge in [-0.1, -0.05) is 30.1 Å². The molecule has 1 saturated heterocycles. The van der Waals surface area contributed by atoms with Crippen molar-refractivity contribution in [1.82, 2.24) is 4.90 Å². The van der Waals surface area contributed by atoms with Gasteiger partial charge in [0.2, 0.25) is 0 Å². The van der Waals surface area contributed by atoms with E-state index in [0.29, 0.717) is 12.0 Å². The standard InChI is InChI=1S/C15H22Cl2N2/c1-3-19-8-4-5-12(10-19)11(2)18-15-9-13(16)6-7-14(15)17/h6-7,9,11-12,18H,3-5,8,10H2,1-2H3. The van der Waals surface area contributed by atoms with Crippen LogP contribution in [0, 0.1) is 5.92 Å². The van der Waals surface area contributed by atoms with E-state index in [0.717, 1.165) is 22.3 Å². The molecule has 2 atom stereocenters. The van der Waals surface area contributed by atoms with Crippen molar-refractivity contribution in [1.29, 1.82) is 0 Å². The van der Waals surface area contributed by atoms with E-state index in [2.05, 4.69) is 24.1 Å². The summed E-state index contributed by atoms with van der Waals surface area (Å²) in [5.74, 6) is 0.670. The number of anilines is 1. The van der Waals surface area contributed by atoms with Crippen LogP contribution in [0.1, 0.15) is 26.7 Å². The van der Waals surface area contributed by atoms with Crippen molar-refractivity contribution in [2.24, 2.45) is 5.92 Å². The van der Waals surface area contributed by atoms with Gasteiger partial charge in [-0.05, 0) is 57.0 Å². The maximum atomic E-state index is 6.20. The molecule has 1 aromatic carbocycles. The topological polar surface area (TPSA) is 15.3 Å². The minimum absolute atomic E-state index is 0.408. The zero-order chi connectivity index (χ0) is 13.8. The molecule has 1 fully saturated rings. The molecule has 0 amide bonds. The maximum Gasteiger partial charge on any atom is 0.0638 e. The molecule has 0 spiro atoms. The first kappa shape index (κ1) is 15.0. The zero-order valence-corrected chi connectivity index (χ0v) is 13.1. The van der Waals surface area contributed by atoms with Gasteiger partial charge in [-0.25, -0.2) is 0 Å². The Labute approximate surface area is 126 Å². The number of piperidine rings is 1. The molecule has 1 N–H and O–H groups in total. The average molecular weight is 301 g/mol. The van der Waals surface area contributed by atoms with Crippen molar-refractivity contribution in [3.05, 3.63) is 28.2 Å². The second-order valence-electron chi connectivity index (χ2n) is 5.35. The number of hydrogen-bond acceptors (Lipinski definition) is 2. The van der Waals surface area contributed by atoms with Crippen LogP contribution < -0.4 is 5.32 Å². The lowest BCUT2D eigenvalue weighted by molar-refractivity contribution is 0.172. The van der Waals surface area contributed by atoms with Crippen molar-refractivity contribution in [3.8, 4) is 0 Å². The van der Waals surface area contributed by atoms with E-state index >= 15 is 0 Å². The fourth-order valence-electron chi connectivity index (χ4n) is 2.76. The summed E-state index contributed by atoms with van der Waals surface area (Å²) in [6.45, 7) is 8.01. The van der Waals surface area contributed by atoms with Crippen molar-refractivity contribution in [3.63, 3.8) is 0 Å². The third-order valence-corrected chi connectivity index (χ3v) is 4.57. The monoisotopic (exact) mass is 300 g/mol. The van der Waals surface area contributed by atoms with Crippen LogP contribution in [0.2, 0.25) is 10.0 Å². The normalized spacial score (nSPS) is 22.2. The van der Waals surface area contributed by atoms with E-state index in [9.17, 15) is 0 Å². The molecule has 0 aromatic heterocycles. The van der Waals surface area contributed by atoms with Crippen LogP contribution in [0.4, 0.5) is 5.69 Å². The van der Waals surface area contributed by atoms with Gasteiger partial charge in [-0.2, -0.15) is 0 Å². The molecule has 0 saturated carbocycles. The van der Waals surface area contributed by atoms with Crippen molar-refractivity contribution >= 4 is 28.9 Å². The first-order chi connectivity index (χ1) is 9.10. The summed E-state index contributed by atoms with van der Waals surface area (Å²) in [4.78, 5) is 2.52. The van der Waals surface area contributed by atoms with Crippen molar-refractivity contribution < 1.29 is 0 Å².